The van der Waals surface area contributed by atoms with Crippen molar-refractivity contribution in [1.29, 1.82) is 0 Å². The lowest BCUT2D eigenvalue weighted by Crippen LogP contribution is -2.02. The fourth-order valence-electron chi connectivity index (χ4n) is 3.23. The van der Waals surface area contributed by atoms with Gasteiger partial charge in [0.05, 0.1) is 18.5 Å². The Balaban J connectivity index is 1.82. The van der Waals surface area contributed by atoms with Crippen LogP contribution in [-0.4, -0.2) is 35.7 Å². The number of hydrogen-bond donors (Lipinski definition) is 1. The van der Waals surface area contributed by atoms with Crippen molar-refractivity contribution in [3.63, 3.8) is 0 Å². The second kappa shape index (κ2) is 8.47. The lowest BCUT2D eigenvalue weighted by molar-refractivity contribution is 0.0694. The second-order valence-corrected chi connectivity index (χ2v) is 6.85. The van der Waals surface area contributed by atoms with E-state index in [1.807, 2.05) is 24.3 Å². The van der Waals surface area contributed by atoms with Crippen molar-refractivity contribution >= 4 is 39.2 Å². The van der Waals surface area contributed by atoms with E-state index in [9.17, 15) is 9.90 Å². The number of fused-ring (bicyclic) bond motifs is 2. The van der Waals surface area contributed by atoms with E-state index in [0.29, 0.717) is 40.6 Å². The van der Waals surface area contributed by atoms with Crippen LogP contribution in [0.2, 0.25) is 0 Å². The van der Waals surface area contributed by atoms with Gasteiger partial charge >= 0.3 is 5.97 Å². The normalized spacial score (nSPS) is 10.9. The molecule has 0 spiro atoms. The van der Waals surface area contributed by atoms with Crippen molar-refractivity contribution in [2.24, 2.45) is 0 Å². The van der Waals surface area contributed by atoms with Crippen molar-refractivity contribution in [3.8, 4) is 23.0 Å². The fourth-order valence-corrected chi connectivity index (χ4v) is 3.30. The summed E-state index contributed by atoms with van der Waals surface area (Å²) in [5, 5.41) is 12.0. The van der Waals surface area contributed by atoms with Crippen molar-refractivity contribution in [3.05, 3.63) is 66.4 Å². The van der Waals surface area contributed by atoms with Crippen LogP contribution in [0, 0.1) is 0 Å². The van der Waals surface area contributed by atoms with Crippen molar-refractivity contribution < 1.29 is 24.1 Å². The first-order valence-electron chi connectivity index (χ1n) is 9.20. The number of ether oxygens (including phenoxy) is 3. The highest BCUT2D eigenvalue weighted by Gasteiger charge is 2.17. The highest BCUT2D eigenvalue weighted by atomic mass is 35.5. The predicted molar refractivity (Wildman–Crippen MR) is 115 cm³/mol. The van der Waals surface area contributed by atoms with E-state index in [0.717, 1.165) is 10.8 Å². The summed E-state index contributed by atoms with van der Waals surface area (Å²) in [5.74, 6) is 1.01. The van der Waals surface area contributed by atoms with Gasteiger partial charge in [0.25, 0.3) is 0 Å². The third-order valence-corrected chi connectivity index (χ3v) is 4.77. The van der Waals surface area contributed by atoms with E-state index in [-0.39, 0.29) is 11.3 Å². The smallest absolute Gasteiger partial charge is 0.339 e. The van der Waals surface area contributed by atoms with Gasteiger partial charge in [-0.25, -0.2) is 4.79 Å². The maximum atomic E-state index is 11.8. The first kappa shape index (κ1) is 19.8. The Kier molecular flexibility index (Phi) is 5.59. The summed E-state index contributed by atoms with van der Waals surface area (Å²) in [6.07, 6.45) is 1.59. The zero-order valence-corrected chi connectivity index (χ0v) is 16.8. The molecule has 0 aliphatic rings. The highest BCUT2D eigenvalue weighted by Crippen LogP contribution is 2.38. The molecule has 1 aromatic heterocycles. The maximum Gasteiger partial charge on any atom is 0.339 e. The Morgan fingerprint density at radius 1 is 1.00 bits per heavy atom. The van der Waals surface area contributed by atoms with E-state index >= 15 is 0 Å². The van der Waals surface area contributed by atoms with Crippen LogP contribution < -0.4 is 14.2 Å². The van der Waals surface area contributed by atoms with Gasteiger partial charge < -0.3 is 19.3 Å². The average Bonchev–Trinajstić information content (AvgIpc) is 2.76. The maximum absolute atomic E-state index is 11.8. The van der Waals surface area contributed by atoms with E-state index in [1.165, 1.54) is 7.11 Å². The zero-order chi connectivity index (χ0) is 21.1. The molecule has 0 bridgehead atoms. The number of rotatable bonds is 7. The minimum atomic E-state index is -1.07. The molecule has 1 heterocycles. The molecule has 4 aromatic rings. The molecule has 0 unspecified atom stereocenters. The molecule has 0 saturated carbocycles. The first-order chi connectivity index (χ1) is 14.6. The van der Waals surface area contributed by atoms with Gasteiger partial charge in [-0.05, 0) is 35.0 Å². The summed E-state index contributed by atoms with van der Waals surface area (Å²) in [4.78, 5) is 16.2. The monoisotopic (exact) mass is 423 g/mol. The Hall–Kier alpha value is -3.51. The molecule has 30 heavy (non-hydrogen) atoms. The van der Waals surface area contributed by atoms with E-state index in [1.54, 1.807) is 36.5 Å². The number of carboxylic acids is 1. The number of aromatic carboxylic acids is 1. The summed E-state index contributed by atoms with van der Waals surface area (Å²) in [6, 6.07) is 16.0. The largest absolute Gasteiger partial charge is 0.493 e. The number of carboxylic acid groups (broad SMARTS) is 1. The second-order valence-electron chi connectivity index (χ2n) is 6.47. The molecule has 1 N–H and O–H groups in total. The van der Waals surface area contributed by atoms with Crippen LogP contribution in [0.15, 0.2) is 60.8 Å². The van der Waals surface area contributed by atoms with Gasteiger partial charge in [-0.3, -0.25) is 4.98 Å². The van der Waals surface area contributed by atoms with Crippen LogP contribution in [0.1, 0.15) is 10.4 Å². The number of halogens is 1. The number of alkyl halides is 1. The third kappa shape index (κ3) is 3.82. The summed E-state index contributed by atoms with van der Waals surface area (Å²) in [5.41, 5.74) is 0.697. The number of carbonyl (C=O) groups is 1. The minimum absolute atomic E-state index is 0.0766. The molecular formula is C23H18ClNO5. The molecule has 7 heteroatoms. The Bertz CT molecular complexity index is 1240. The minimum Gasteiger partial charge on any atom is -0.493 e. The number of pyridine rings is 1. The van der Waals surface area contributed by atoms with Crippen LogP contribution in [0.5, 0.6) is 23.0 Å². The summed E-state index contributed by atoms with van der Waals surface area (Å²) < 4.78 is 17.1. The predicted octanol–water partition coefficient (Wildman–Crippen LogP) is 5.50. The number of aromatic nitrogens is 1. The van der Waals surface area contributed by atoms with Gasteiger partial charge in [-0.1, -0.05) is 24.3 Å². The molecule has 0 aliphatic carbocycles. The molecule has 3 aromatic carbocycles. The first-order valence-corrected chi connectivity index (χ1v) is 9.73. The zero-order valence-electron chi connectivity index (χ0n) is 16.1. The van der Waals surface area contributed by atoms with Gasteiger partial charge in [0.15, 0.2) is 11.5 Å². The topological polar surface area (TPSA) is 77.9 Å². The van der Waals surface area contributed by atoms with Crippen molar-refractivity contribution in [2.75, 3.05) is 19.6 Å². The lowest BCUT2D eigenvalue weighted by Gasteiger charge is -2.15. The molecular weight excluding hydrogens is 406 g/mol. The number of methoxy groups -OCH3 is 1. The summed E-state index contributed by atoms with van der Waals surface area (Å²) >= 11 is 5.71. The van der Waals surface area contributed by atoms with Gasteiger partial charge in [-0.15, -0.1) is 11.6 Å². The molecule has 0 saturated heterocycles. The molecule has 0 amide bonds. The van der Waals surface area contributed by atoms with Gasteiger partial charge in [-0.2, -0.15) is 0 Å². The SMILES string of the molecule is COc1cc2c(Oc3cc4ccccc4cc3C(=O)O)ccnc2cc1OCCCl. The third-order valence-electron chi connectivity index (χ3n) is 4.62. The van der Waals surface area contributed by atoms with Gasteiger partial charge in [0.2, 0.25) is 0 Å². The van der Waals surface area contributed by atoms with Crippen LogP contribution in [0.4, 0.5) is 0 Å². The van der Waals surface area contributed by atoms with E-state index < -0.39 is 5.97 Å². The van der Waals surface area contributed by atoms with E-state index in [4.69, 9.17) is 25.8 Å². The molecule has 152 valence electrons. The molecule has 0 atom stereocenters. The highest BCUT2D eigenvalue weighted by molar-refractivity contribution is 6.18. The van der Waals surface area contributed by atoms with Gasteiger partial charge in [0, 0.05) is 17.6 Å². The Labute approximate surface area is 177 Å². The standard InChI is InChI=1S/C23H18ClNO5/c1-28-21-12-16-18(13-22(21)29-9-7-24)25-8-6-19(16)30-20-11-15-5-3-2-4-14(15)10-17(20)23(26)27/h2-6,8,10-13H,7,9H2,1H3,(H,26,27). The summed E-state index contributed by atoms with van der Waals surface area (Å²) in [7, 11) is 1.54. The van der Waals surface area contributed by atoms with Crippen molar-refractivity contribution in [1.82, 2.24) is 4.98 Å². The fraction of sp³-hybridized carbons (Fsp3) is 0.130. The Morgan fingerprint density at radius 2 is 1.77 bits per heavy atom. The summed E-state index contributed by atoms with van der Waals surface area (Å²) in [6.45, 7) is 0.332. The van der Waals surface area contributed by atoms with Crippen molar-refractivity contribution in [2.45, 2.75) is 0 Å². The average molecular weight is 424 g/mol. The molecule has 6 nitrogen and oxygen atoms in total. The van der Waals surface area contributed by atoms with Crippen LogP contribution in [0.3, 0.4) is 0 Å². The quantitative estimate of drug-likeness (QED) is 0.395. The molecule has 0 radical (unpaired) electrons. The van der Waals surface area contributed by atoms with E-state index in [2.05, 4.69) is 4.98 Å². The number of benzene rings is 3. The molecule has 0 aliphatic heterocycles. The van der Waals surface area contributed by atoms with Crippen LogP contribution in [-0.2, 0) is 0 Å². The van der Waals surface area contributed by atoms with Crippen LogP contribution in [0.25, 0.3) is 21.7 Å². The number of hydrogen-bond acceptors (Lipinski definition) is 5. The Morgan fingerprint density at radius 3 is 2.47 bits per heavy atom. The van der Waals surface area contributed by atoms with Gasteiger partial charge in [0.1, 0.15) is 23.7 Å². The number of nitrogens with zero attached hydrogens (tertiary/aromatic N) is 1. The van der Waals surface area contributed by atoms with Crippen LogP contribution >= 0.6 is 11.6 Å². The lowest BCUT2D eigenvalue weighted by atomic mass is 10.1. The molecule has 0 fully saturated rings. The molecule has 4 rings (SSSR count).